The molecule has 0 saturated heterocycles. The highest BCUT2D eigenvalue weighted by Gasteiger charge is 2.42. The number of hydrogen-bond donors (Lipinski definition) is 3. The standard InChI is InChI=1S/C21H26ClN3O3/c1-3-27-10-9-23-20(26)16-12-14-11-15(22)18-17(19(14)28-16)21(25-13(2)24-18)7-5-4-6-8-21/h11-12,24-25H,2-10H2,1H3,(H,23,26). The number of rotatable bonds is 5. The molecule has 3 N–H and O–H groups in total. The van der Waals surface area contributed by atoms with Crippen LogP contribution >= 0.6 is 11.6 Å². The zero-order valence-corrected chi connectivity index (χ0v) is 16.9. The lowest BCUT2D eigenvalue weighted by Crippen LogP contribution is -2.48. The summed E-state index contributed by atoms with van der Waals surface area (Å²) in [6.45, 7) is 7.54. The summed E-state index contributed by atoms with van der Waals surface area (Å²) in [4.78, 5) is 12.5. The molecule has 1 spiro atoms. The van der Waals surface area contributed by atoms with Crippen LogP contribution in [0.2, 0.25) is 5.02 Å². The number of ether oxygens (including phenoxy) is 1. The van der Waals surface area contributed by atoms with Crippen LogP contribution in [0.3, 0.4) is 0 Å². The van der Waals surface area contributed by atoms with Gasteiger partial charge in [-0.05, 0) is 31.9 Å². The average molecular weight is 404 g/mol. The molecule has 1 amide bonds. The highest BCUT2D eigenvalue weighted by Crippen LogP contribution is 2.49. The third-order valence-corrected chi connectivity index (χ3v) is 5.87. The monoisotopic (exact) mass is 403 g/mol. The Morgan fingerprint density at radius 1 is 1.36 bits per heavy atom. The first-order valence-corrected chi connectivity index (χ1v) is 10.3. The summed E-state index contributed by atoms with van der Waals surface area (Å²) in [7, 11) is 0. The molecule has 2 aliphatic rings. The second-order valence-electron chi connectivity index (χ2n) is 7.46. The quantitative estimate of drug-likeness (QED) is 0.641. The number of hydrogen-bond acceptors (Lipinski definition) is 5. The molecule has 150 valence electrons. The predicted octanol–water partition coefficient (Wildman–Crippen LogP) is 4.50. The van der Waals surface area contributed by atoms with Crippen molar-refractivity contribution in [2.24, 2.45) is 0 Å². The van der Waals surface area contributed by atoms with Crippen molar-refractivity contribution in [2.75, 3.05) is 25.1 Å². The normalized spacial score (nSPS) is 17.9. The van der Waals surface area contributed by atoms with Crippen LogP contribution in [-0.4, -0.2) is 25.7 Å². The van der Waals surface area contributed by atoms with Crippen molar-refractivity contribution >= 4 is 34.2 Å². The van der Waals surface area contributed by atoms with Crippen molar-refractivity contribution in [1.82, 2.24) is 10.6 Å². The number of furan rings is 1. The lowest BCUT2D eigenvalue weighted by Gasteiger charge is -2.44. The van der Waals surface area contributed by atoms with Crippen LogP contribution in [0.25, 0.3) is 11.0 Å². The minimum atomic E-state index is -0.264. The van der Waals surface area contributed by atoms with Crippen molar-refractivity contribution in [1.29, 1.82) is 0 Å². The fourth-order valence-corrected chi connectivity index (χ4v) is 4.63. The molecule has 2 aromatic rings. The molecule has 7 heteroatoms. The van der Waals surface area contributed by atoms with Gasteiger partial charge in [0.1, 0.15) is 5.58 Å². The highest BCUT2D eigenvalue weighted by molar-refractivity contribution is 6.34. The minimum absolute atomic E-state index is 0.250. The van der Waals surface area contributed by atoms with Gasteiger partial charge in [-0.1, -0.05) is 37.4 Å². The maximum Gasteiger partial charge on any atom is 0.287 e. The SMILES string of the molecule is C=C1Nc2c(Cl)cc3cc(C(=O)NCCOCC)oc3c2C2(CCCCC2)N1. The first kappa shape index (κ1) is 19.2. The molecule has 1 aliphatic heterocycles. The smallest absolute Gasteiger partial charge is 0.287 e. The van der Waals surface area contributed by atoms with E-state index >= 15 is 0 Å². The number of halogens is 1. The first-order valence-electron chi connectivity index (χ1n) is 9.90. The van der Waals surface area contributed by atoms with Crippen molar-refractivity contribution in [2.45, 2.75) is 44.6 Å². The molecule has 6 nitrogen and oxygen atoms in total. The second kappa shape index (κ2) is 7.68. The molecule has 0 atom stereocenters. The zero-order chi connectivity index (χ0) is 19.7. The topological polar surface area (TPSA) is 75.5 Å². The maximum absolute atomic E-state index is 12.5. The van der Waals surface area contributed by atoms with Gasteiger partial charge >= 0.3 is 0 Å². The first-order chi connectivity index (χ1) is 13.5. The van der Waals surface area contributed by atoms with E-state index in [2.05, 4.69) is 22.5 Å². The predicted molar refractivity (Wildman–Crippen MR) is 111 cm³/mol. The highest BCUT2D eigenvalue weighted by atomic mass is 35.5. The van der Waals surface area contributed by atoms with Gasteiger partial charge in [0, 0.05) is 24.1 Å². The van der Waals surface area contributed by atoms with E-state index < -0.39 is 0 Å². The van der Waals surface area contributed by atoms with Crippen molar-refractivity contribution < 1.29 is 13.9 Å². The summed E-state index contributed by atoms with van der Waals surface area (Å²) in [6, 6.07) is 3.61. The molecule has 1 aliphatic carbocycles. The Kier molecular flexibility index (Phi) is 5.25. The fraction of sp³-hybridized carbons (Fsp3) is 0.476. The van der Waals surface area contributed by atoms with Gasteiger partial charge in [-0.2, -0.15) is 0 Å². The van der Waals surface area contributed by atoms with Crippen molar-refractivity contribution in [3.8, 4) is 0 Å². The van der Waals surface area contributed by atoms with E-state index in [-0.39, 0.29) is 17.2 Å². The average Bonchev–Trinajstić information content (AvgIpc) is 3.09. The maximum atomic E-state index is 12.5. The molecule has 1 aromatic heterocycles. The number of amides is 1. The Labute approximate surface area is 169 Å². The van der Waals surface area contributed by atoms with Crippen molar-refractivity contribution in [3.05, 3.63) is 40.9 Å². The van der Waals surface area contributed by atoms with Crippen LogP contribution < -0.4 is 16.0 Å². The van der Waals surface area contributed by atoms with Gasteiger partial charge in [0.2, 0.25) is 0 Å². The zero-order valence-electron chi connectivity index (χ0n) is 16.1. The van der Waals surface area contributed by atoms with Gasteiger partial charge < -0.3 is 25.1 Å². The Balaban J connectivity index is 1.75. The van der Waals surface area contributed by atoms with Crippen LogP contribution in [0.15, 0.2) is 28.9 Å². The van der Waals surface area contributed by atoms with E-state index in [9.17, 15) is 4.79 Å². The Bertz CT molecular complexity index is 915. The molecule has 0 radical (unpaired) electrons. The Morgan fingerprint density at radius 2 is 2.14 bits per heavy atom. The number of carbonyl (C=O) groups excluding carboxylic acids is 1. The van der Waals surface area contributed by atoms with E-state index in [0.29, 0.717) is 30.4 Å². The molecule has 28 heavy (non-hydrogen) atoms. The third-order valence-electron chi connectivity index (χ3n) is 5.57. The Hall–Kier alpha value is -2.18. The molecule has 1 fully saturated rings. The summed E-state index contributed by atoms with van der Waals surface area (Å²) < 4.78 is 11.3. The van der Waals surface area contributed by atoms with Gasteiger partial charge in [-0.25, -0.2) is 0 Å². The van der Waals surface area contributed by atoms with Crippen LogP contribution in [0, 0.1) is 0 Å². The van der Waals surface area contributed by atoms with Crippen molar-refractivity contribution in [3.63, 3.8) is 0 Å². The van der Waals surface area contributed by atoms with Gasteiger partial charge in [0.05, 0.1) is 28.7 Å². The lowest BCUT2D eigenvalue weighted by atomic mass is 9.74. The van der Waals surface area contributed by atoms with Crippen LogP contribution in [0.5, 0.6) is 0 Å². The van der Waals surface area contributed by atoms with Gasteiger partial charge in [-0.15, -0.1) is 0 Å². The third kappa shape index (κ3) is 3.35. The molecule has 0 bridgehead atoms. The Morgan fingerprint density at radius 3 is 2.89 bits per heavy atom. The van der Waals surface area contributed by atoms with Crippen LogP contribution in [-0.2, 0) is 10.3 Å². The van der Waals surface area contributed by atoms with E-state index in [0.717, 1.165) is 48.1 Å². The van der Waals surface area contributed by atoms with E-state index in [1.807, 2.05) is 13.0 Å². The largest absolute Gasteiger partial charge is 0.450 e. The molecular weight excluding hydrogens is 378 g/mol. The van der Waals surface area contributed by atoms with Crippen LogP contribution in [0.4, 0.5) is 5.69 Å². The molecule has 4 rings (SSSR count). The minimum Gasteiger partial charge on any atom is -0.450 e. The summed E-state index contributed by atoms with van der Waals surface area (Å²) in [6.07, 6.45) is 5.42. The van der Waals surface area contributed by atoms with Gasteiger partial charge in [0.15, 0.2) is 5.76 Å². The summed E-state index contributed by atoms with van der Waals surface area (Å²) >= 11 is 6.61. The number of benzene rings is 1. The lowest BCUT2D eigenvalue weighted by molar-refractivity contribution is 0.0897. The fourth-order valence-electron chi connectivity index (χ4n) is 4.37. The van der Waals surface area contributed by atoms with E-state index in [1.165, 1.54) is 6.42 Å². The van der Waals surface area contributed by atoms with E-state index in [1.54, 1.807) is 6.07 Å². The van der Waals surface area contributed by atoms with E-state index in [4.69, 9.17) is 20.8 Å². The number of carbonyl (C=O) groups is 1. The molecule has 0 unspecified atom stereocenters. The molecular formula is C21H26ClN3O3. The summed E-state index contributed by atoms with van der Waals surface area (Å²) in [5, 5.41) is 11.1. The van der Waals surface area contributed by atoms with Gasteiger partial charge in [0.25, 0.3) is 5.91 Å². The number of fused-ring (bicyclic) bond motifs is 4. The summed E-state index contributed by atoms with van der Waals surface area (Å²) in [5.41, 5.74) is 2.29. The molecule has 2 heterocycles. The molecule has 1 aromatic carbocycles. The number of anilines is 1. The second-order valence-corrected chi connectivity index (χ2v) is 7.87. The summed E-state index contributed by atoms with van der Waals surface area (Å²) in [5.74, 6) is 0.780. The van der Waals surface area contributed by atoms with Crippen LogP contribution in [0.1, 0.15) is 55.1 Å². The molecule has 1 saturated carbocycles. The number of nitrogens with one attached hydrogen (secondary N) is 3. The van der Waals surface area contributed by atoms with Gasteiger partial charge in [-0.3, -0.25) is 4.79 Å².